The first-order chi connectivity index (χ1) is 6.17. The summed E-state index contributed by atoms with van der Waals surface area (Å²) in [7, 11) is 0. The Morgan fingerprint density at radius 2 is 1.54 bits per heavy atom. The highest BCUT2D eigenvalue weighted by Crippen LogP contribution is 2.19. The van der Waals surface area contributed by atoms with Gasteiger partial charge in [-0.25, -0.2) is 0 Å². The second-order valence-corrected chi connectivity index (χ2v) is 4.05. The summed E-state index contributed by atoms with van der Waals surface area (Å²) in [6.45, 7) is 8.87. The van der Waals surface area contributed by atoms with Crippen molar-refractivity contribution in [3.8, 4) is 0 Å². The number of rotatable bonds is 7. The molecule has 2 heteroatoms. The summed E-state index contributed by atoms with van der Waals surface area (Å²) in [5.41, 5.74) is 0.165. The first kappa shape index (κ1) is 13.2. The Bertz CT molecular complexity index is 109. The molecule has 0 aliphatic heterocycles. The predicted molar refractivity (Wildman–Crippen MR) is 61.5 cm³/mol. The minimum atomic E-state index is 0.165. The third-order valence-electron chi connectivity index (χ3n) is 3.11. The largest absolute Gasteiger partial charge is 0.307 e. The number of halogens is 1. The smallest absolute Gasteiger partial charge is 0.0405 e. The molecule has 0 saturated carbocycles. The zero-order chi connectivity index (χ0) is 10.3. The highest BCUT2D eigenvalue weighted by Gasteiger charge is 2.26. The van der Waals surface area contributed by atoms with Gasteiger partial charge in [0, 0.05) is 17.5 Å². The third kappa shape index (κ3) is 3.86. The predicted octanol–water partition coefficient (Wildman–Crippen LogP) is 3.56. The van der Waals surface area contributed by atoms with Crippen molar-refractivity contribution < 1.29 is 0 Å². The van der Waals surface area contributed by atoms with Crippen LogP contribution >= 0.6 is 11.6 Å². The van der Waals surface area contributed by atoms with Gasteiger partial charge in [-0.1, -0.05) is 27.7 Å². The van der Waals surface area contributed by atoms with Crippen molar-refractivity contribution in [2.45, 2.75) is 65.0 Å². The Morgan fingerprint density at radius 3 is 1.77 bits per heavy atom. The molecule has 0 aromatic heterocycles. The van der Waals surface area contributed by atoms with E-state index in [1.165, 1.54) is 12.8 Å². The van der Waals surface area contributed by atoms with Crippen LogP contribution in [0.1, 0.15) is 53.4 Å². The lowest BCUT2D eigenvalue weighted by atomic mass is 9.93. The molecular formula is C11H24ClN. The average Bonchev–Trinajstić information content (AvgIpc) is 2.21. The first-order valence-electron chi connectivity index (χ1n) is 5.51. The van der Waals surface area contributed by atoms with E-state index in [1.807, 2.05) is 0 Å². The standard InChI is InChI=1S/C11H24ClN/c1-5-10(6-2)13-11(7-3,8-4)9-12/h10,13H,5-9H2,1-4H3. The molecule has 0 fully saturated rings. The Hall–Kier alpha value is 0.250. The van der Waals surface area contributed by atoms with Crippen molar-refractivity contribution in [3.63, 3.8) is 0 Å². The maximum Gasteiger partial charge on any atom is 0.0405 e. The van der Waals surface area contributed by atoms with Gasteiger partial charge in [-0.2, -0.15) is 0 Å². The first-order valence-corrected chi connectivity index (χ1v) is 6.05. The average molecular weight is 206 g/mol. The van der Waals surface area contributed by atoms with Crippen LogP contribution in [0.15, 0.2) is 0 Å². The van der Waals surface area contributed by atoms with E-state index in [0.29, 0.717) is 6.04 Å². The van der Waals surface area contributed by atoms with Gasteiger partial charge in [0.15, 0.2) is 0 Å². The minimum absolute atomic E-state index is 0.165. The summed E-state index contributed by atoms with van der Waals surface area (Å²) in [5, 5.41) is 3.68. The zero-order valence-electron chi connectivity index (χ0n) is 9.49. The molecule has 0 aromatic carbocycles. The molecule has 1 N–H and O–H groups in total. The van der Waals surface area contributed by atoms with Gasteiger partial charge >= 0.3 is 0 Å². The van der Waals surface area contributed by atoms with E-state index in [2.05, 4.69) is 33.0 Å². The van der Waals surface area contributed by atoms with Gasteiger partial charge in [0.25, 0.3) is 0 Å². The van der Waals surface area contributed by atoms with E-state index in [1.54, 1.807) is 0 Å². The Morgan fingerprint density at radius 1 is 1.08 bits per heavy atom. The van der Waals surface area contributed by atoms with Crippen LogP contribution in [0.2, 0.25) is 0 Å². The molecule has 0 aliphatic rings. The lowest BCUT2D eigenvalue weighted by molar-refractivity contribution is 0.284. The SMILES string of the molecule is CCC(CC)NC(CC)(CC)CCl. The molecule has 0 rings (SSSR count). The van der Waals surface area contributed by atoms with Crippen molar-refractivity contribution in [1.82, 2.24) is 5.32 Å². The molecule has 0 amide bonds. The van der Waals surface area contributed by atoms with Gasteiger partial charge < -0.3 is 5.32 Å². The van der Waals surface area contributed by atoms with Gasteiger partial charge in [0.1, 0.15) is 0 Å². The molecule has 0 spiro atoms. The van der Waals surface area contributed by atoms with Crippen LogP contribution in [-0.4, -0.2) is 17.5 Å². The molecule has 0 saturated heterocycles. The van der Waals surface area contributed by atoms with Gasteiger partial charge in [0.05, 0.1) is 0 Å². The van der Waals surface area contributed by atoms with Crippen LogP contribution in [0.3, 0.4) is 0 Å². The Balaban J connectivity index is 4.21. The maximum absolute atomic E-state index is 6.02. The summed E-state index contributed by atoms with van der Waals surface area (Å²) >= 11 is 6.02. The molecule has 0 bridgehead atoms. The topological polar surface area (TPSA) is 12.0 Å². The quantitative estimate of drug-likeness (QED) is 0.627. The number of alkyl halides is 1. The lowest BCUT2D eigenvalue weighted by Gasteiger charge is -2.35. The summed E-state index contributed by atoms with van der Waals surface area (Å²) < 4.78 is 0. The number of nitrogens with one attached hydrogen (secondary N) is 1. The van der Waals surface area contributed by atoms with Gasteiger partial charge in [0.2, 0.25) is 0 Å². The Kier molecular flexibility index (Phi) is 6.79. The van der Waals surface area contributed by atoms with Crippen molar-refractivity contribution in [3.05, 3.63) is 0 Å². The van der Waals surface area contributed by atoms with Crippen molar-refractivity contribution >= 4 is 11.6 Å². The van der Waals surface area contributed by atoms with Crippen LogP contribution in [0.4, 0.5) is 0 Å². The molecule has 13 heavy (non-hydrogen) atoms. The fourth-order valence-electron chi connectivity index (χ4n) is 1.61. The molecule has 0 unspecified atom stereocenters. The van der Waals surface area contributed by atoms with Crippen LogP contribution in [-0.2, 0) is 0 Å². The van der Waals surface area contributed by atoms with Gasteiger partial charge in [-0.3, -0.25) is 0 Å². The van der Waals surface area contributed by atoms with Crippen LogP contribution < -0.4 is 5.32 Å². The second kappa shape index (κ2) is 6.67. The van der Waals surface area contributed by atoms with E-state index in [4.69, 9.17) is 11.6 Å². The van der Waals surface area contributed by atoms with E-state index < -0.39 is 0 Å². The highest BCUT2D eigenvalue weighted by molar-refractivity contribution is 6.18. The van der Waals surface area contributed by atoms with E-state index in [0.717, 1.165) is 18.7 Å². The van der Waals surface area contributed by atoms with Crippen LogP contribution in [0.5, 0.6) is 0 Å². The summed E-state index contributed by atoms with van der Waals surface area (Å²) in [6.07, 6.45) is 4.61. The van der Waals surface area contributed by atoms with Gasteiger partial charge in [-0.05, 0) is 25.7 Å². The Labute approximate surface area is 88.2 Å². The number of hydrogen-bond donors (Lipinski definition) is 1. The molecule has 1 nitrogen and oxygen atoms in total. The van der Waals surface area contributed by atoms with Crippen molar-refractivity contribution in [2.24, 2.45) is 0 Å². The van der Waals surface area contributed by atoms with Crippen LogP contribution in [0.25, 0.3) is 0 Å². The lowest BCUT2D eigenvalue weighted by Crippen LogP contribution is -2.50. The molecule has 80 valence electrons. The fourth-order valence-corrected chi connectivity index (χ4v) is 2.06. The summed E-state index contributed by atoms with van der Waals surface area (Å²) in [4.78, 5) is 0. The van der Waals surface area contributed by atoms with Gasteiger partial charge in [-0.15, -0.1) is 11.6 Å². The molecular weight excluding hydrogens is 182 g/mol. The van der Waals surface area contributed by atoms with Crippen LogP contribution in [0, 0.1) is 0 Å². The third-order valence-corrected chi connectivity index (χ3v) is 3.62. The van der Waals surface area contributed by atoms with E-state index in [-0.39, 0.29) is 5.54 Å². The van der Waals surface area contributed by atoms with Crippen molar-refractivity contribution in [1.29, 1.82) is 0 Å². The molecule has 0 atom stereocenters. The van der Waals surface area contributed by atoms with E-state index >= 15 is 0 Å². The zero-order valence-corrected chi connectivity index (χ0v) is 10.2. The summed E-state index contributed by atoms with van der Waals surface area (Å²) in [5.74, 6) is 0.719. The minimum Gasteiger partial charge on any atom is -0.307 e. The second-order valence-electron chi connectivity index (χ2n) is 3.78. The molecule has 0 heterocycles. The molecule has 0 aliphatic carbocycles. The molecule has 0 aromatic rings. The fraction of sp³-hybridized carbons (Fsp3) is 1.00. The van der Waals surface area contributed by atoms with Crippen molar-refractivity contribution in [2.75, 3.05) is 5.88 Å². The highest BCUT2D eigenvalue weighted by atomic mass is 35.5. The maximum atomic E-state index is 6.02. The normalized spacial score (nSPS) is 12.5. The monoisotopic (exact) mass is 205 g/mol. The number of hydrogen-bond acceptors (Lipinski definition) is 1. The van der Waals surface area contributed by atoms with E-state index in [9.17, 15) is 0 Å². The summed E-state index contributed by atoms with van der Waals surface area (Å²) in [6, 6.07) is 0.624. The molecule has 0 radical (unpaired) electrons.